The SMILES string of the molecule is NNCC=C(Cl)Cl. The summed E-state index contributed by atoms with van der Waals surface area (Å²) in [5.41, 5.74) is 2.35. The van der Waals surface area contributed by atoms with Crippen molar-refractivity contribution < 1.29 is 0 Å². The van der Waals surface area contributed by atoms with Gasteiger partial charge in [0.2, 0.25) is 0 Å². The van der Waals surface area contributed by atoms with Gasteiger partial charge < -0.3 is 0 Å². The molecule has 0 saturated heterocycles. The van der Waals surface area contributed by atoms with Crippen LogP contribution in [0.4, 0.5) is 0 Å². The van der Waals surface area contributed by atoms with Crippen LogP contribution in [0.1, 0.15) is 0 Å². The summed E-state index contributed by atoms with van der Waals surface area (Å²) in [7, 11) is 0. The highest BCUT2D eigenvalue weighted by molar-refractivity contribution is 6.55. The third-order valence-electron chi connectivity index (χ3n) is 0.374. The molecule has 0 heterocycles. The van der Waals surface area contributed by atoms with Crippen LogP contribution in [0.25, 0.3) is 0 Å². The van der Waals surface area contributed by atoms with E-state index in [4.69, 9.17) is 29.0 Å². The number of hydrazine groups is 1. The first-order valence-corrected chi connectivity index (χ1v) is 2.47. The Balaban J connectivity index is 3.08. The topological polar surface area (TPSA) is 38.0 Å². The Morgan fingerprint density at radius 2 is 2.29 bits per heavy atom. The molecular formula is C3H6Cl2N2. The Kier molecular flexibility index (Phi) is 4.55. The van der Waals surface area contributed by atoms with Crippen molar-refractivity contribution in [1.82, 2.24) is 5.43 Å². The lowest BCUT2D eigenvalue weighted by Gasteiger charge is -1.85. The predicted octanol–water partition coefficient (Wildman–Crippen LogP) is 0.769. The Labute approximate surface area is 52.2 Å². The number of hydrogen-bond donors (Lipinski definition) is 2. The molecule has 0 radical (unpaired) electrons. The molecule has 7 heavy (non-hydrogen) atoms. The first-order valence-electron chi connectivity index (χ1n) is 1.72. The molecule has 0 aliphatic heterocycles. The summed E-state index contributed by atoms with van der Waals surface area (Å²) < 4.78 is 0.234. The van der Waals surface area contributed by atoms with E-state index in [1.54, 1.807) is 6.08 Å². The van der Waals surface area contributed by atoms with E-state index < -0.39 is 0 Å². The van der Waals surface area contributed by atoms with Crippen LogP contribution >= 0.6 is 23.2 Å². The molecule has 0 aliphatic carbocycles. The number of rotatable bonds is 2. The highest BCUT2D eigenvalue weighted by atomic mass is 35.5. The second-order valence-corrected chi connectivity index (χ2v) is 1.91. The molecule has 0 bridgehead atoms. The predicted molar refractivity (Wildman–Crippen MR) is 32.0 cm³/mol. The average Bonchev–Trinajstić information content (AvgIpc) is 1.61. The van der Waals surface area contributed by atoms with E-state index in [0.29, 0.717) is 6.54 Å². The van der Waals surface area contributed by atoms with Gasteiger partial charge in [0.15, 0.2) is 0 Å². The molecule has 0 atom stereocenters. The maximum Gasteiger partial charge on any atom is 0.104 e. The molecule has 0 aromatic heterocycles. The minimum absolute atomic E-state index is 0.234. The van der Waals surface area contributed by atoms with Crippen molar-refractivity contribution in [2.24, 2.45) is 5.84 Å². The minimum Gasteiger partial charge on any atom is -0.271 e. The summed E-state index contributed by atoms with van der Waals surface area (Å²) in [6.07, 6.45) is 1.56. The monoisotopic (exact) mass is 140 g/mol. The fourth-order valence-corrected chi connectivity index (χ4v) is 0.290. The van der Waals surface area contributed by atoms with Crippen molar-refractivity contribution in [2.75, 3.05) is 6.54 Å². The highest BCUT2D eigenvalue weighted by Crippen LogP contribution is 2.03. The second kappa shape index (κ2) is 4.40. The molecule has 0 spiro atoms. The summed E-state index contributed by atoms with van der Waals surface area (Å²) in [5.74, 6) is 4.86. The fourth-order valence-electron chi connectivity index (χ4n) is 0.136. The Morgan fingerprint density at radius 3 is 2.43 bits per heavy atom. The third-order valence-corrected chi connectivity index (χ3v) is 0.683. The van der Waals surface area contributed by atoms with Crippen LogP contribution in [0, 0.1) is 0 Å². The van der Waals surface area contributed by atoms with Crippen LogP contribution < -0.4 is 11.3 Å². The van der Waals surface area contributed by atoms with E-state index in [9.17, 15) is 0 Å². The van der Waals surface area contributed by atoms with Crippen molar-refractivity contribution in [2.45, 2.75) is 0 Å². The van der Waals surface area contributed by atoms with Crippen LogP contribution in [0.5, 0.6) is 0 Å². The van der Waals surface area contributed by atoms with Gasteiger partial charge in [-0.05, 0) is 6.08 Å². The van der Waals surface area contributed by atoms with E-state index in [2.05, 4.69) is 5.43 Å². The lowest BCUT2D eigenvalue weighted by molar-refractivity contribution is 0.823. The van der Waals surface area contributed by atoms with Crippen LogP contribution in [-0.4, -0.2) is 6.54 Å². The van der Waals surface area contributed by atoms with Crippen LogP contribution in [0.2, 0.25) is 0 Å². The van der Waals surface area contributed by atoms with Gasteiger partial charge in [-0.25, -0.2) is 0 Å². The minimum atomic E-state index is 0.234. The largest absolute Gasteiger partial charge is 0.271 e. The maximum atomic E-state index is 5.19. The van der Waals surface area contributed by atoms with Gasteiger partial charge in [0, 0.05) is 6.54 Å². The van der Waals surface area contributed by atoms with Crippen molar-refractivity contribution in [1.29, 1.82) is 0 Å². The average molecular weight is 141 g/mol. The molecule has 0 saturated carbocycles. The second-order valence-electron chi connectivity index (χ2n) is 0.902. The smallest absolute Gasteiger partial charge is 0.104 e. The number of nitrogens with two attached hydrogens (primary N) is 1. The van der Waals surface area contributed by atoms with Gasteiger partial charge in [0.1, 0.15) is 4.49 Å². The van der Waals surface area contributed by atoms with Gasteiger partial charge in [-0.3, -0.25) is 11.3 Å². The fraction of sp³-hybridized carbons (Fsp3) is 0.333. The van der Waals surface area contributed by atoms with Gasteiger partial charge in [0.25, 0.3) is 0 Å². The Morgan fingerprint density at radius 1 is 1.71 bits per heavy atom. The first-order chi connectivity index (χ1) is 3.27. The molecule has 0 aromatic rings. The van der Waals surface area contributed by atoms with Gasteiger partial charge in [-0.15, -0.1) is 0 Å². The maximum absolute atomic E-state index is 5.19. The lowest BCUT2D eigenvalue weighted by Crippen LogP contribution is -2.21. The van der Waals surface area contributed by atoms with Crippen molar-refractivity contribution >= 4 is 23.2 Å². The molecule has 0 aromatic carbocycles. The molecule has 0 amide bonds. The number of hydrogen-bond acceptors (Lipinski definition) is 2. The lowest BCUT2D eigenvalue weighted by atomic mass is 10.7. The normalized spacial score (nSPS) is 8.43. The summed E-state index contributed by atoms with van der Waals surface area (Å²) in [4.78, 5) is 0. The van der Waals surface area contributed by atoms with Gasteiger partial charge in [-0.2, -0.15) is 0 Å². The Bertz CT molecular complexity index is 67.3. The molecule has 0 unspecified atom stereocenters. The third kappa shape index (κ3) is 6.24. The standard InChI is InChI=1S/C3H6Cl2N2/c4-3(5)1-2-7-6/h1,7H,2,6H2. The van der Waals surface area contributed by atoms with Gasteiger partial charge >= 0.3 is 0 Å². The molecule has 42 valence electrons. The van der Waals surface area contributed by atoms with E-state index in [1.807, 2.05) is 0 Å². The van der Waals surface area contributed by atoms with E-state index in [1.165, 1.54) is 0 Å². The van der Waals surface area contributed by atoms with Gasteiger partial charge in [-0.1, -0.05) is 23.2 Å². The van der Waals surface area contributed by atoms with E-state index in [0.717, 1.165) is 0 Å². The molecule has 4 heteroatoms. The summed E-state index contributed by atoms with van der Waals surface area (Å²) >= 11 is 10.4. The van der Waals surface area contributed by atoms with Crippen LogP contribution in [0.15, 0.2) is 10.6 Å². The summed E-state index contributed by atoms with van der Waals surface area (Å²) in [6, 6.07) is 0. The molecular weight excluding hydrogens is 135 g/mol. The van der Waals surface area contributed by atoms with Crippen molar-refractivity contribution in [3.05, 3.63) is 10.6 Å². The van der Waals surface area contributed by atoms with Crippen molar-refractivity contribution in [3.63, 3.8) is 0 Å². The highest BCUT2D eigenvalue weighted by Gasteiger charge is 1.77. The molecule has 0 fully saturated rings. The number of halogens is 2. The molecule has 0 aliphatic rings. The molecule has 3 N–H and O–H groups in total. The Hall–Kier alpha value is 0.240. The van der Waals surface area contributed by atoms with Crippen LogP contribution in [0.3, 0.4) is 0 Å². The zero-order valence-electron chi connectivity index (χ0n) is 3.62. The quantitative estimate of drug-likeness (QED) is 0.440. The van der Waals surface area contributed by atoms with Gasteiger partial charge in [0.05, 0.1) is 0 Å². The zero-order chi connectivity index (χ0) is 5.70. The van der Waals surface area contributed by atoms with E-state index in [-0.39, 0.29) is 4.49 Å². The summed E-state index contributed by atoms with van der Waals surface area (Å²) in [5, 5.41) is 0. The first kappa shape index (κ1) is 7.24. The molecule has 0 rings (SSSR count). The van der Waals surface area contributed by atoms with Crippen LogP contribution in [-0.2, 0) is 0 Å². The number of nitrogens with one attached hydrogen (secondary N) is 1. The van der Waals surface area contributed by atoms with E-state index >= 15 is 0 Å². The molecule has 2 nitrogen and oxygen atoms in total. The zero-order valence-corrected chi connectivity index (χ0v) is 5.13. The van der Waals surface area contributed by atoms with Crippen molar-refractivity contribution in [3.8, 4) is 0 Å². The summed E-state index contributed by atoms with van der Waals surface area (Å²) in [6.45, 7) is 0.502.